The lowest BCUT2D eigenvalue weighted by atomic mass is 10.1. The largest absolute Gasteiger partial charge is 0.508 e. The number of carboxylic acid groups (broad SMARTS) is 1. The molecule has 1 amide bonds. The van der Waals surface area contributed by atoms with Crippen molar-refractivity contribution >= 4 is 17.6 Å². The Morgan fingerprint density at radius 3 is 2.38 bits per heavy atom. The van der Waals surface area contributed by atoms with Crippen LogP contribution in [-0.4, -0.2) is 22.1 Å². The quantitative estimate of drug-likeness (QED) is 0.809. The van der Waals surface area contributed by atoms with Gasteiger partial charge < -0.3 is 15.5 Å². The molecule has 0 fully saturated rings. The van der Waals surface area contributed by atoms with Crippen molar-refractivity contribution in [3.63, 3.8) is 0 Å². The molecule has 2 aromatic carbocycles. The molecule has 108 valence electrons. The molecule has 0 unspecified atom stereocenters. The van der Waals surface area contributed by atoms with E-state index in [0.29, 0.717) is 16.7 Å². The van der Waals surface area contributed by atoms with E-state index in [1.54, 1.807) is 32.0 Å². The highest BCUT2D eigenvalue weighted by molar-refractivity contribution is 6.08. The zero-order chi connectivity index (χ0) is 15.6. The number of rotatable bonds is 3. The van der Waals surface area contributed by atoms with Gasteiger partial charge in [0.25, 0.3) is 5.91 Å². The standard InChI is InChI=1S/C16H15NO4/c1-9-4-3-5-12(16(20)21)14(9)17-15(19)11-6-7-13(18)10(2)8-11/h3-8,18H,1-2H3,(H,17,19)(H,20,21). The van der Waals surface area contributed by atoms with Gasteiger partial charge >= 0.3 is 5.97 Å². The molecule has 5 heteroatoms. The molecule has 0 saturated carbocycles. The molecule has 0 saturated heterocycles. The number of phenols is 1. The maximum absolute atomic E-state index is 12.2. The molecule has 0 aliphatic carbocycles. The summed E-state index contributed by atoms with van der Waals surface area (Å²) >= 11 is 0. The number of amides is 1. The van der Waals surface area contributed by atoms with E-state index in [1.807, 2.05) is 0 Å². The second-order valence-electron chi connectivity index (χ2n) is 4.76. The third-order valence-corrected chi connectivity index (χ3v) is 3.20. The Bertz CT molecular complexity index is 722. The Kier molecular flexibility index (Phi) is 3.93. The van der Waals surface area contributed by atoms with Gasteiger partial charge in [-0.05, 0) is 49.2 Å². The van der Waals surface area contributed by atoms with Crippen LogP contribution in [0.3, 0.4) is 0 Å². The molecule has 2 rings (SSSR count). The second-order valence-corrected chi connectivity index (χ2v) is 4.76. The normalized spacial score (nSPS) is 10.2. The molecule has 21 heavy (non-hydrogen) atoms. The van der Waals surface area contributed by atoms with Crippen molar-refractivity contribution in [2.45, 2.75) is 13.8 Å². The monoisotopic (exact) mass is 285 g/mol. The number of hydrogen-bond donors (Lipinski definition) is 3. The predicted octanol–water partition coefficient (Wildman–Crippen LogP) is 2.96. The van der Waals surface area contributed by atoms with Crippen LogP contribution in [0.25, 0.3) is 0 Å². The fraction of sp³-hybridized carbons (Fsp3) is 0.125. The summed E-state index contributed by atoms with van der Waals surface area (Å²) < 4.78 is 0. The lowest BCUT2D eigenvalue weighted by Crippen LogP contribution is -2.16. The number of carbonyl (C=O) groups excluding carboxylic acids is 1. The van der Waals surface area contributed by atoms with Crippen molar-refractivity contribution < 1.29 is 19.8 Å². The van der Waals surface area contributed by atoms with Gasteiger partial charge in [0, 0.05) is 5.56 Å². The van der Waals surface area contributed by atoms with E-state index in [2.05, 4.69) is 5.32 Å². The van der Waals surface area contributed by atoms with Crippen LogP contribution in [0, 0.1) is 13.8 Å². The fourth-order valence-electron chi connectivity index (χ4n) is 1.99. The first-order chi connectivity index (χ1) is 9.90. The van der Waals surface area contributed by atoms with Gasteiger partial charge in [-0.25, -0.2) is 4.79 Å². The van der Waals surface area contributed by atoms with Crippen LogP contribution in [-0.2, 0) is 0 Å². The molecule has 0 aliphatic rings. The van der Waals surface area contributed by atoms with Crippen LogP contribution in [0.4, 0.5) is 5.69 Å². The zero-order valence-corrected chi connectivity index (χ0v) is 11.7. The molecule has 2 aromatic rings. The predicted molar refractivity (Wildman–Crippen MR) is 78.9 cm³/mol. The molecule has 0 aliphatic heterocycles. The van der Waals surface area contributed by atoms with Crippen molar-refractivity contribution in [1.82, 2.24) is 0 Å². The summed E-state index contributed by atoms with van der Waals surface area (Å²) in [4.78, 5) is 23.4. The summed E-state index contributed by atoms with van der Waals surface area (Å²) in [6.45, 7) is 3.41. The molecule has 3 N–H and O–H groups in total. The van der Waals surface area contributed by atoms with E-state index in [-0.39, 0.29) is 17.0 Å². The van der Waals surface area contributed by atoms with E-state index >= 15 is 0 Å². The van der Waals surface area contributed by atoms with Crippen molar-refractivity contribution in [2.24, 2.45) is 0 Å². The number of hydrogen-bond acceptors (Lipinski definition) is 3. The van der Waals surface area contributed by atoms with Crippen molar-refractivity contribution in [3.05, 3.63) is 58.7 Å². The van der Waals surface area contributed by atoms with Gasteiger partial charge in [0.1, 0.15) is 5.75 Å². The topological polar surface area (TPSA) is 86.6 Å². The number of anilines is 1. The Morgan fingerprint density at radius 2 is 1.76 bits per heavy atom. The molecule has 0 atom stereocenters. The van der Waals surface area contributed by atoms with Crippen LogP contribution in [0.15, 0.2) is 36.4 Å². The summed E-state index contributed by atoms with van der Waals surface area (Å²) in [7, 11) is 0. The molecular weight excluding hydrogens is 270 g/mol. The lowest BCUT2D eigenvalue weighted by molar-refractivity contribution is 0.0698. The van der Waals surface area contributed by atoms with E-state index in [9.17, 15) is 14.7 Å². The zero-order valence-electron chi connectivity index (χ0n) is 11.7. The smallest absolute Gasteiger partial charge is 0.337 e. The van der Waals surface area contributed by atoms with E-state index in [4.69, 9.17) is 5.11 Å². The third kappa shape index (κ3) is 3.02. The number of benzene rings is 2. The van der Waals surface area contributed by atoms with Crippen LogP contribution >= 0.6 is 0 Å². The minimum Gasteiger partial charge on any atom is -0.508 e. The number of carboxylic acids is 1. The highest BCUT2D eigenvalue weighted by atomic mass is 16.4. The Labute approximate surface area is 121 Å². The average Bonchev–Trinajstić information content (AvgIpc) is 2.43. The maximum atomic E-state index is 12.2. The van der Waals surface area contributed by atoms with Gasteiger partial charge in [-0.1, -0.05) is 12.1 Å². The first-order valence-electron chi connectivity index (χ1n) is 6.34. The van der Waals surface area contributed by atoms with E-state index < -0.39 is 11.9 Å². The van der Waals surface area contributed by atoms with Crippen molar-refractivity contribution in [1.29, 1.82) is 0 Å². The average molecular weight is 285 g/mol. The van der Waals surface area contributed by atoms with Gasteiger partial charge in [0.2, 0.25) is 0 Å². The van der Waals surface area contributed by atoms with Crippen molar-refractivity contribution in [2.75, 3.05) is 5.32 Å². The van der Waals surface area contributed by atoms with E-state index in [1.165, 1.54) is 18.2 Å². The molecule has 0 heterocycles. The maximum Gasteiger partial charge on any atom is 0.337 e. The number of phenolic OH excluding ortho intramolecular Hbond substituents is 1. The first-order valence-corrected chi connectivity index (χ1v) is 6.34. The van der Waals surface area contributed by atoms with Crippen molar-refractivity contribution in [3.8, 4) is 5.75 Å². The second kappa shape index (κ2) is 5.66. The molecule has 0 aromatic heterocycles. The van der Waals surface area contributed by atoms with Gasteiger partial charge in [-0.15, -0.1) is 0 Å². The van der Waals surface area contributed by atoms with Crippen LogP contribution in [0.2, 0.25) is 0 Å². The number of carbonyl (C=O) groups is 2. The number of nitrogens with one attached hydrogen (secondary N) is 1. The summed E-state index contributed by atoms with van der Waals surface area (Å²) in [5.74, 6) is -1.42. The highest BCUT2D eigenvalue weighted by Crippen LogP contribution is 2.23. The third-order valence-electron chi connectivity index (χ3n) is 3.20. The number of para-hydroxylation sites is 1. The van der Waals surface area contributed by atoms with Crippen LogP contribution in [0.5, 0.6) is 5.75 Å². The Morgan fingerprint density at radius 1 is 1.05 bits per heavy atom. The Balaban J connectivity index is 2.36. The number of aromatic carboxylic acids is 1. The molecule has 0 radical (unpaired) electrons. The minimum atomic E-state index is -1.10. The van der Waals surface area contributed by atoms with Crippen LogP contribution < -0.4 is 5.32 Å². The number of aromatic hydroxyl groups is 1. The molecule has 0 spiro atoms. The first kappa shape index (κ1) is 14.6. The SMILES string of the molecule is Cc1cc(C(=O)Nc2c(C)cccc2C(=O)O)ccc1O. The van der Waals surface area contributed by atoms with Gasteiger partial charge in [-0.2, -0.15) is 0 Å². The molecule has 0 bridgehead atoms. The van der Waals surface area contributed by atoms with Gasteiger partial charge in [-0.3, -0.25) is 4.79 Å². The summed E-state index contributed by atoms with van der Waals surface area (Å²) in [5, 5.41) is 21.3. The highest BCUT2D eigenvalue weighted by Gasteiger charge is 2.15. The minimum absolute atomic E-state index is 0.0406. The van der Waals surface area contributed by atoms with E-state index in [0.717, 1.165) is 0 Å². The van der Waals surface area contributed by atoms with Gasteiger partial charge in [0.15, 0.2) is 0 Å². The summed E-state index contributed by atoms with van der Waals surface area (Å²) in [6, 6.07) is 9.25. The lowest BCUT2D eigenvalue weighted by Gasteiger charge is -2.12. The fourth-order valence-corrected chi connectivity index (χ4v) is 1.99. The summed E-state index contributed by atoms with van der Waals surface area (Å²) in [6.07, 6.45) is 0. The number of aryl methyl sites for hydroxylation is 2. The summed E-state index contributed by atoms with van der Waals surface area (Å²) in [5.41, 5.74) is 1.91. The Hall–Kier alpha value is -2.82. The van der Waals surface area contributed by atoms with Crippen LogP contribution in [0.1, 0.15) is 31.8 Å². The molecule has 5 nitrogen and oxygen atoms in total. The van der Waals surface area contributed by atoms with Gasteiger partial charge in [0.05, 0.1) is 11.3 Å². The molecular formula is C16H15NO4.